The van der Waals surface area contributed by atoms with Gasteiger partial charge in [0.1, 0.15) is 11.6 Å². The molecule has 2 aromatic rings. The number of hydrogen-bond donors (Lipinski definition) is 1. The van der Waals surface area contributed by atoms with Crippen LogP contribution in [-0.2, 0) is 0 Å². The van der Waals surface area contributed by atoms with Crippen LogP contribution in [0, 0.1) is 18.6 Å². The van der Waals surface area contributed by atoms with Crippen LogP contribution in [0.1, 0.15) is 29.0 Å². The Kier molecular flexibility index (Phi) is 4.71. The van der Waals surface area contributed by atoms with Crippen LogP contribution in [0.25, 0.3) is 0 Å². The van der Waals surface area contributed by atoms with Crippen molar-refractivity contribution in [3.63, 3.8) is 0 Å². The van der Waals surface area contributed by atoms with Crippen molar-refractivity contribution in [2.45, 2.75) is 19.9 Å². The maximum absolute atomic E-state index is 13.4. The summed E-state index contributed by atoms with van der Waals surface area (Å²) in [4.78, 5) is 1.13. The summed E-state index contributed by atoms with van der Waals surface area (Å²) in [5.41, 5.74) is 1.65. The van der Waals surface area contributed by atoms with E-state index in [1.807, 2.05) is 19.9 Å². The van der Waals surface area contributed by atoms with Gasteiger partial charge in [0.05, 0.1) is 9.83 Å². The quantitative estimate of drug-likeness (QED) is 0.839. The van der Waals surface area contributed by atoms with Crippen molar-refractivity contribution in [3.05, 3.63) is 55.7 Å². The fourth-order valence-corrected chi connectivity index (χ4v) is 3.85. The van der Waals surface area contributed by atoms with E-state index in [-0.39, 0.29) is 6.04 Å². The summed E-state index contributed by atoms with van der Waals surface area (Å²) in [6, 6.07) is 5.44. The highest BCUT2D eigenvalue weighted by Gasteiger charge is 2.18. The molecule has 1 nitrogen and oxygen atoms in total. The van der Waals surface area contributed by atoms with E-state index in [1.165, 1.54) is 12.1 Å². The Morgan fingerprint density at radius 1 is 1.21 bits per heavy atom. The molecule has 0 spiro atoms. The van der Waals surface area contributed by atoms with Crippen molar-refractivity contribution in [1.82, 2.24) is 5.32 Å². The third kappa shape index (κ3) is 3.41. The van der Waals surface area contributed by atoms with E-state index in [0.29, 0.717) is 5.56 Å². The molecule has 5 heteroatoms. The molecule has 0 amide bonds. The summed E-state index contributed by atoms with van der Waals surface area (Å²) >= 11 is 5.06. The average molecular weight is 346 g/mol. The first-order valence-electron chi connectivity index (χ1n) is 5.96. The van der Waals surface area contributed by atoms with Gasteiger partial charge in [-0.3, -0.25) is 0 Å². The second-order valence-corrected chi connectivity index (χ2v) is 6.89. The van der Waals surface area contributed by atoms with Gasteiger partial charge in [-0.15, -0.1) is 11.3 Å². The molecule has 0 aliphatic heterocycles. The van der Waals surface area contributed by atoms with Gasteiger partial charge in [-0.1, -0.05) is 6.92 Å². The average Bonchev–Trinajstić information content (AvgIpc) is 2.64. The highest BCUT2D eigenvalue weighted by atomic mass is 79.9. The minimum Gasteiger partial charge on any atom is -0.306 e. The van der Waals surface area contributed by atoms with Crippen LogP contribution >= 0.6 is 27.3 Å². The number of rotatable bonds is 4. The van der Waals surface area contributed by atoms with Crippen LogP contribution in [-0.4, -0.2) is 6.54 Å². The first kappa shape index (κ1) is 14.6. The fraction of sp³-hybridized carbons (Fsp3) is 0.286. The van der Waals surface area contributed by atoms with Gasteiger partial charge in [0, 0.05) is 10.9 Å². The lowest BCUT2D eigenvalue weighted by Crippen LogP contribution is -2.22. The van der Waals surface area contributed by atoms with E-state index in [9.17, 15) is 8.78 Å². The molecule has 1 aromatic heterocycles. The van der Waals surface area contributed by atoms with Gasteiger partial charge in [-0.25, -0.2) is 8.78 Å². The molecule has 0 bridgehead atoms. The van der Waals surface area contributed by atoms with E-state index in [0.717, 1.165) is 26.8 Å². The minimum atomic E-state index is -0.551. The number of benzene rings is 1. The van der Waals surface area contributed by atoms with E-state index in [4.69, 9.17) is 0 Å². The van der Waals surface area contributed by atoms with Gasteiger partial charge in [-0.05, 0) is 58.7 Å². The number of halogens is 3. The first-order valence-corrected chi connectivity index (χ1v) is 7.57. The SMILES string of the molecule is CCNC(c1cc(F)cc(F)c1)c1cc(Br)sc1C. The molecule has 1 atom stereocenters. The molecule has 19 heavy (non-hydrogen) atoms. The van der Waals surface area contributed by atoms with Crippen molar-refractivity contribution in [2.75, 3.05) is 6.54 Å². The molecule has 0 saturated carbocycles. The summed E-state index contributed by atoms with van der Waals surface area (Å²) in [7, 11) is 0. The van der Waals surface area contributed by atoms with Gasteiger partial charge in [0.15, 0.2) is 0 Å². The van der Waals surface area contributed by atoms with Crippen molar-refractivity contribution in [2.24, 2.45) is 0 Å². The monoisotopic (exact) mass is 345 g/mol. The largest absolute Gasteiger partial charge is 0.306 e. The molecule has 1 heterocycles. The molecule has 0 aliphatic rings. The van der Waals surface area contributed by atoms with Gasteiger partial charge in [-0.2, -0.15) is 0 Å². The Morgan fingerprint density at radius 2 is 1.84 bits per heavy atom. The second kappa shape index (κ2) is 6.11. The standard InChI is InChI=1S/C14H14BrF2NS/c1-3-18-14(12-7-13(15)19-8(12)2)9-4-10(16)6-11(17)5-9/h4-7,14,18H,3H2,1-2H3. The summed E-state index contributed by atoms with van der Waals surface area (Å²) in [6.45, 7) is 4.69. The zero-order valence-corrected chi connectivity index (χ0v) is 13.0. The molecular weight excluding hydrogens is 332 g/mol. The number of aryl methyl sites for hydroxylation is 1. The van der Waals surface area contributed by atoms with Crippen molar-refractivity contribution >= 4 is 27.3 Å². The lowest BCUT2D eigenvalue weighted by atomic mass is 9.99. The van der Waals surface area contributed by atoms with Gasteiger partial charge >= 0.3 is 0 Å². The predicted molar refractivity (Wildman–Crippen MR) is 78.6 cm³/mol. The highest BCUT2D eigenvalue weighted by Crippen LogP contribution is 2.34. The topological polar surface area (TPSA) is 12.0 Å². The van der Waals surface area contributed by atoms with Gasteiger partial charge in [0.2, 0.25) is 0 Å². The Hall–Kier alpha value is -0.780. The van der Waals surface area contributed by atoms with Crippen molar-refractivity contribution in [1.29, 1.82) is 0 Å². The number of thiophene rings is 1. The van der Waals surface area contributed by atoms with E-state index >= 15 is 0 Å². The Balaban J connectivity index is 2.47. The van der Waals surface area contributed by atoms with Crippen molar-refractivity contribution in [3.8, 4) is 0 Å². The van der Waals surface area contributed by atoms with Crippen LogP contribution in [0.15, 0.2) is 28.1 Å². The first-order chi connectivity index (χ1) is 9.01. The van der Waals surface area contributed by atoms with E-state index in [2.05, 4.69) is 21.2 Å². The third-order valence-electron chi connectivity index (χ3n) is 2.86. The minimum absolute atomic E-state index is 0.197. The van der Waals surface area contributed by atoms with Gasteiger partial charge < -0.3 is 5.32 Å². The molecule has 1 N–H and O–H groups in total. The Morgan fingerprint density at radius 3 is 2.32 bits per heavy atom. The maximum Gasteiger partial charge on any atom is 0.126 e. The maximum atomic E-state index is 13.4. The highest BCUT2D eigenvalue weighted by molar-refractivity contribution is 9.11. The zero-order chi connectivity index (χ0) is 14.0. The summed E-state index contributed by atoms with van der Waals surface area (Å²) < 4.78 is 27.8. The third-order valence-corrected chi connectivity index (χ3v) is 4.43. The van der Waals surface area contributed by atoms with Crippen LogP contribution in [0.5, 0.6) is 0 Å². The smallest absolute Gasteiger partial charge is 0.126 e. The fourth-order valence-electron chi connectivity index (χ4n) is 2.10. The predicted octanol–water partition coefficient (Wildman–Crippen LogP) is 4.80. The second-order valence-electron chi connectivity index (χ2n) is 4.26. The van der Waals surface area contributed by atoms with E-state index in [1.54, 1.807) is 11.3 Å². The van der Waals surface area contributed by atoms with Gasteiger partial charge in [0.25, 0.3) is 0 Å². The molecule has 2 rings (SSSR count). The molecule has 1 unspecified atom stereocenters. The molecule has 0 saturated heterocycles. The summed E-state index contributed by atoms with van der Waals surface area (Å²) in [5.74, 6) is -1.10. The Labute approximate surface area is 123 Å². The van der Waals surface area contributed by atoms with Crippen molar-refractivity contribution < 1.29 is 8.78 Å². The van der Waals surface area contributed by atoms with Crippen LogP contribution in [0.3, 0.4) is 0 Å². The van der Waals surface area contributed by atoms with Crippen LogP contribution in [0.2, 0.25) is 0 Å². The number of nitrogens with one attached hydrogen (secondary N) is 1. The molecule has 102 valence electrons. The summed E-state index contributed by atoms with van der Waals surface area (Å²) in [5, 5.41) is 3.28. The van der Waals surface area contributed by atoms with Crippen LogP contribution in [0.4, 0.5) is 8.78 Å². The van der Waals surface area contributed by atoms with E-state index < -0.39 is 11.6 Å². The molecule has 0 fully saturated rings. The lowest BCUT2D eigenvalue weighted by Gasteiger charge is -2.19. The molecular formula is C14H14BrF2NS. The summed E-state index contributed by atoms with van der Waals surface area (Å²) in [6.07, 6.45) is 0. The lowest BCUT2D eigenvalue weighted by molar-refractivity contribution is 0.565. The molecule has 0 aliphatic carbocycles. The molecule has 0 radical (unpaired) electrons. The number of hydrogen-bond acceptors (Lipinski definition) is 2. The normalized spacial score (nSPS) is 12.7. The Bertz CT molecular complexity index is 563. The molecule has 1 aromatic carbocycles. The zero-order valence-electron chi connectivity index (χ0n) is 10.6. The van der Waals surface area contributed by atoms with Crippen LogP contribution < -0.4 is 5.32 Å².